The van der Waals surface area contributed by atoms with Crippen molar-refractivity contribution in [3.63, 3.8) is 0 Å². The molecular weight excluding hydrogens is 280 g/mol. The van der Waals surface area contributed by atoms with Gasteiger partial charge in [-0.3, -0.25) is 4.79 Å². The zero-order valence-corrected chi connectivity index (χ0v) is 12.4. The van der Waals surface area contributed by atoms with Crippen LogP contribution >= 0.6 is 0 Å². The molecule has 0 radical (unpaired) electrons. The topological polar surface area (TPSA) is 96.7 Å². The predicted molar refractivity (Wildman–Crippen MR) is 70.6 cm³/mol. The van der Waals surface area contributed by atoms with Gasteiger partial charge >= 0.3 is 17.9 Å². The molecule has 21 heavy (non-hydrogen) atoms. The van der Waals surface area contributed by atoms with Crippen LogP contribution in [0.15, 0.2) is 6.33 Å². The van der Waals surface area contributed by atoms with Gasteiger partial charge in [0.05, 0.1) is 39.3 Å². The minimum Gasteiger partial charge on any atom is -0.469 e. The van der Waals surface area contributed by atoms with Crippen LogP contribution in [-0.2, 0) is 23.8 Å². The van der Waals surface area contributed by atoms with Crippen molar-refractivity contribution in [1.29, 1.82) is 0 Å². The molecule has 1 aromatic heterocycles. The minimum absolute atomic E-state index is 0.108. The lowest BCUT2D eigenvalue weighted by Crippen LogP contribution is -2.27. The Morgan fingerprint density at radius 3 is 2.48 bits per heavy atom. The summed E-state index contributed by atoms with van der Waals surface area (Å²) in [4.78, 5) is 39.3. The summed E-state index contributed by atoms with van der Waals surface area (Å²) in [6, 6.07) is -1.04. The van der Waals surface area contributed by atoms with E-state index in [4.69, 9.17) is 4.74 Å². The van der Waals surface area contributed by atoms with Crippen molar-refractivity contribution < 1.29 is 28.6 Å². The average molecular weight is 298 g/mol. The van der Waals surface area contributed by atoms with Gasteiger partial charge < -0.3 is 18.8 Å². The minimum atomic E-state index is -1.04. The molecule has 0 aliphatic rings. The SMILES string of the molecule is CCOC(=O)c1c(C)ncn1C(CC(=O)OC)C(=O)OC. The summed E-state index contributed by atoms with van der Waals surface area (Å²) < 4.78 is 15.4. The number of hydrogen-bond donors (Lipinski definition) is 0. The number of nitrogens with zero attached hydrogens (tertiary/aromatic N) is 2. The largest absolute Gasteiger partial charge is 0.469 e. The maximum Gasteiger partial charge on any atom is 0.356 e. The maximum atomic E-state index is 12.0. The van der Waals surface area contributed by atoms with Gasteiger partial charge in [0.15, 0.2) is 5.69 Å². The van der Waals surface area contributed by atoms with E-state index in [0.717, 1.165) is 0 Å². The van der Waals surface area contributed by atoms with Crippen molar-refractivity contribution in [3.05, 3.63) is 17.7 Å². The summed E-state index contributed by atoms with van der Waals surface area (Å²) >= 11 is 0. The van der Waals surface area contributed by atoms with Gasteiger partial charge in [0, 0.05) is 0 Å². The van der Waals surface area contributed by atoms with E-state index in [1.807, 2.05) is 0 Å². The number of ether oxygens (including phenoxy) is 3. The summed E-state index contributed by atoms with van der Waals surface area (Å²) in [6.45, 7) is 3.46. The first-order valence-electron chi connectivity index (χ1n) is 6.31. The molecule has 1 rings (SSSR count). The third kappa shape index (κ3) is 3.80. The van der Waals surface area contributed by atoms with Crippen LogP contribution in [0.4, 0.5) is 0 Å². The summed E-state index contributed by atoms with van der Waals surface area (Å²) in [6.07, 6.45) is 1.03. The van der Waals surface area contributed by atoms with Gasteiger partial charge in [-0.1, -0.05) is 0 Å². The zero-order chi connectivity index (χ0) is 16.0. The zero-order valence-electron chi connectivity index (χ0n) is 12.4. The molecule has 1 heterocycles. The molecule has 1 unspecified atom stereocenters. The van der Waals surface area contributed by atoms with Crippen molar-refractivity contribution in [2.45, 2.75) is 26.3 Å². The normalized spacial score (nSPS) is 11.6. The van der Waals surface area contributed by atoms with Gasteiger partial charge in [0.2, 0.25) is 0 Å². The Morgan fingerprint density at radius 2 is 1.95 bits per heavy atom. The van der Waals surface area contributed by atoms with E-state index in [-0.39, 0.29) is 18.7 Å². The molecule has 0 saturated carbocycles. The van der Waals surface area contributed by atoms with E-state index in [1.54, 1.807) is 13.8 Å². The quantitative estimate of drug-likeness (QED) is 0.561. The lowest BCUT2D eigenvalue weighted by Gasteiger charge is -2.17. The smallest absolute Gasteiger partial charge is 0.356 e. The molecule has 116 valence electrons. The highest BCUT2D eigenvalue weighted by atomic mass is 16.5. The molecule has 1 atom stereocenters. The number of rotatable bonds is 6. The van der Waals surface area contributed by atoms with E-state index in [9.17, 15) is 14.4 Å². The number of aryl methyl sites for hydroxylation is 1. The Labute approximate surface area is 122 Å². The van der Waals surface area contributed by atoms with E-state index < -0.39 is 23.9 Å². The first kappa shape index (κ1) is 16.7. The monoisotopic (exact) mass is 298 g/mol. The van der Waals surface area contributed by atoms with Crippen molar-refractivity contribution in [3.8, 4) is 0 Å². The maximum absolute atomic E-state index is 12.0. The molecule has 8 nitrogen and oxygen atoms in total. The first-order chi connectivity index (χ1) is 9.96. The Hall–Kier alpha value is -2.38. The van der Waals surface area contributed by atoms with E-state index in [1.165, 1.54) is 25.1 Å². The lowest BCUT2D eigenvalue weighted by molar-refractivity contribution is -0.151. The standard InChI is InChI=1S/C13H18N2O6/c1-5-21-13(18)11-8(2)14-7-15(11)9(12(17)20-4)6-10(16)19-3/h7,9H,5-6H2,1-4H3. The Bertz CT molecular complexity index is 537. The van der Waals surface area contributed by atoms with Crippen LogP contribution in [0.25, 0.3) is 0 Å². The van der Waals surface area contributed by atoms with Gasteiger partial charge in [0.1, 0.15) is 6.04 Å². The highest BCUT2D eigenvalue weighted by Crippen LogP contribution is 2.20. The van der Waals surface area contributed by atoms with Crippen LogP contribution in [0.3, 0.4) is 0 Å². The van der Waals surface area contributed by atoms with E-state index in [0.29, 0.717) is 5.69 Å². The molecule has 0 bridgehead atoms. The van der Waals surface area contributed by atoms with Crippen LogP contribution in [0.5, 0.6) is 0 Å². The van der Waals surface area contributed by atoms with Crippen molar-refractivity contribution >= 4 is 17.9 Å². The average Bonchev–Trinajstić information content (AvgIpc) is 2.85. The number of hydrogen-bond acceptors (Lipinski definition) is 7. The van der Waals surface area contributed by atoms with Gasteiger partial charge in [-0.2, -0.15) is 0 Å². The molecule has 0 spiro atoms. The summed E-state index contributed by atoms with van der Waals surface area (Å²) in [5.74, 6) is -1.90. The second kappa shape index (κ2) is 7.41. The Balaban J connectivity index is 3.22. The first-order valence-corrected chi connectivity index (χ1v) is 6.31. The number of carbonyl (C=O) groups excluding carboxylic acids is 3. The summed E-state index contributed by atoms with van der Waals surface area (Å²) in [7, 11) is 2.41. The fraction of sp³-hybridized carbons (Fsp3) is 0.538. The number of carbonyl (C=O) groups is 3. The number of esters is 3. The third-order valence-corrected chi connectivity index (χ3v) is 2.84. The highest BCUT2D eigenvalue weighted by molar-refractivity contribution is 5.90. The molecule has 0 aliphatic heterocycles. The van der Waals surface area contributed by atoms with Crippen LogP contribution in [0.1, 0.15) is 35.6 Å². The molecule has 0 fully saturated rings. The van der Waals surface area contributed by atoms with E-state index in [2.05, 4.69) is 14.5 Å². The number of aromatic nitrogens is 2. The van der Waals surface area contributed by atoms with Crippen LogP contribution in [0.2, 0.25) is 0 Å². The fourth-order valence-electron chi connectivity index (χ4n) is 1.82. The van der Waals surface area contributed by atoms with Crippen LogP contribution < -0.4 is 0 Å². The molecule has 0 aromatic carbocycles. The third-order valence-electron chi connectivity index (χ3n) is 2.84. The van der Waals surface area contributed by atoms with E-state index >= 15 is 0 Å². The predicted octanol–water partition coefficient (Wildman–Crippen LogP) is 0.645. The van der Waals surface area contributed by atoms with Crippen LogP contribution in [-0.4, -0.2) is 48.3 Å². The van der Waals surface area contributed by atoms with Gasteiger partial charge in [0.25, 0.3) is 0 Å². The molecule has 1 aromatic rings. The Morgan fingerprint density at radius 1 is 1.29 bits per heavy atom. The van der Waals surface area contributed by atoms with Crippen molar-refractivity contribution in [1.82, 2.24) is 9.55 Å². The molecule has 8 heteroatoms. The lowest BCUT2D eigenvalue weighted by atomic mass is 10.2. The molecular formula is C13H18N2O6. The van der Waals surface area contributed by atoms with Gasteiger partial charge in [-0.25, -0.2) is 14.6 Å². The number of methoxy groups -OCH3 is 2. The van der Waals surface area contributed by atoms with Gasteiger partial charge in [-0.05, 0) is 13.8 Å². The highest BCUT2D eigenvalue weighted by Gasteiger charge is 2.30. The molecule has 0 amide bonds. The summed E-state index contributed by atoms with van der Waals surface area (Å²) in [5.41, 5.74) is 0.503. The number of imidazole rings is 1. The van der Waals surface area contributed by atoms with Gasteiger partial charge in [-0.15, -0.1) is 0 Å². The second-order valence-electron chi connectivity index (χ2n) is 4.13. The fourth-order valence-corrected chi connectivity index (χ4v) is 1.82. The second-order valence-corrected chi connectivity index (χ2v) is 4.13. The molecule has 0 saturated heterocycles. The Kier molecular flexibility index (Phi) is 5.89. The summed E-state index contributed by atoms with van der Waals surface area (Å²) in [5, 5.41) is 0. The van der Waals surface area contributed by atoms with Crippen LogP contribution in [0, 0.1) is 6.92 Å². The molecule has 0 aliphatic carbocycles. The van der Waals surface area contributed by atoms with Crippen molar-refractivity contribution in [2.24, 2.45) is 0 Å². The molecule has 0 N–H and O–H groups in total. The van der Waals surface area contributed by atoms with Crippen molar-refractivity contribution in [2.75, 3.05) is 20.8 Å².